The van der Waals surface area contributed by atoms with Gasteiger partial charge in [-0.05, 0) is 0 Å². The lowest BCUT2D eigenvalue weighted by Gasteiger charge is -2.46. The van der Waals surface area contributed by atoms with Gasteiger partial charge in [0.25, 0.3) is 0 Å². The molecule has 2 rings (SSSR count). The molecule has 2 aliphatic rings. The zero-order valence-electron chi connectivity index (χ0n) is 27.4. The molecule has 0 aromatic heterocycles. The van der Waals surface area contributed by atoms with Crippen LogP contribution in [0.3, 0.4) is 0 Å². The molecular weight excluding hydrogens is 688 g/mol. The standard InChI is InChI=1S/C28H38O18S2/c1-11(29)37-9-19-21(39-13(3)31)23(41-15(5)33)25(43-17(7)35)27(45-19)47-48-28-26(44-18(8)36)24(42-16(6)34)22(40-14(4)32)20(46-28)10-38-12(2)30/h19-28H,9-10H2,1-8H3/t19-,20-,21-,22+,23+,24+,25-,26-,27+,28+/m1/s1. The number of hydrogen-bond acceptors (Lipinski definition) is 20. The summed E-state index contributed by atoms with van der Waals surface area (Å²) in [4.78, 5) is 96.1. The summed E-state index contributed by atoms with van der Waals surface area (Å²) in [6.45, 7) is 7.75. The molecule has 48 heavy (non-hydrogen) atoms. The summed E-state index contributed by atoms with van der Waals surface area (Å²) < 4.78 is 54.9. The van der Waals surface area contributed by atoms with Gasteiger partial charge >= 0.3 is 47.8 Å². The van der Waals surface area contributed by atoms with E-state index >= 15 is 0 Å². The Bertz CT molecular complexity index is 1130. The minimum Gasteiger partial charge on any atom is -0.463 e. The summed E-state index contributed by atoms with van der Waals surface area (Å²) in [6, 6.07) is 0. The molecular formula is C28H38O18S2. The topological polar surface area (TPSA) is 229 Å². The quantitative estimate of drug-likeness (QED) is 0.143. The highest BCUT2D eigenvalue weighted by Gasteiger charge is 2.55. The Kier molecular flexibility index (Phi) is 15.9. The lowest BCUT2D eigenvalue weighted by atomic mass is 9.99. The summed E-state index contributed by atoms with van der Waals surface area (Å²) in [5, 5.41) is 0. The lowest BCUT2D eigenvalue weighted by molar-refractivity contribution is -0.238. The average Bonchev–Trinajstić information content (AvgIpc) is 2.93. The lowest BCUT2D eigenvalue weighted by Crippen LogP contribution is -2.62. The van der Waals surface area contributed by atoms with Crippen LogP contribution in [0.5, 0.6) is 0 Å². The molecule has 2 heterocycles. The fourth-order valence-corrected chi connectivity index (χ4v) is 7.46. The van der Waals surface area contributed by atoms with Gasteiger partial charge < -0.3 is 47.4 Å². The number of ether oxygens (including phenoxy) is 10. The Morgan fingerprint density at radius 2 is 0.646 bits per heavy atom. The first-order chi connectivity index (χ1) is 22.4. The van der Waals surface area contributed by atoms with E-state index in [2.05, 4.69) is 0 Å². The first kappa shape index (κ1) is 40.6. The number of carbonyl (C=O) groups excluding carboxylic acids is 8. The monoisotopic (exact) mass is 726 g/mol. The van der Waals surface area contributed by atoms with Crippen LogP contribution in [0.2, 0.25) is 0 Å². The molecule has 270 valence electrons. The molecule has 0 aromatic rings. The third kappa shape index (κ3) is 12.8. The second-order valence-electron chi connectivity index (χ2n) is 10.3. The van der Waals surface area contributed by atoms with Gasteiger partial charge in [-0.15, -0.1) is 0 Å². The second kappa shape index (κ2) is 18.8. The molecule has 20 heteroatoms. The van der Waals surface area contributed by atoms with Gasteiger partial charge in [0.2, 0.25) is 0 Å². The van der Waals surface area contributed by atoms with Gasteiger partial charge in [-0.25, -0.2) is 0 Å². The van der Waals surface area contributed by atoms with Crippen molar-refractivity contribution in [2.24, 2.45) is 0 Å². The SMILES string of the molecule is CC(=O)OC[C@H]1O[C@@H](SS[C@@H]2O[C@H](COC(C)=O)[C@@H](OC(C)=O)[C@H](OC(C)=O)[C@H]2OC(C)=O)[C@H](OC(C)=O)[C@@H](OC(C)=O)[C@H]1OC(C)=O. The third-order valence-corrected chi connectivity index (χ3v) is 8.86. The molecule has 0 radical (unpaired) electrons. The van der Waals surface area contributed by atoms with E-state index in [-0.39, 0.29) is 0 Å². The molecule has 10 atom stereocenters. The Labute approximate surface area is 283 Å². The molecule has 0 N–H and O–H groups in total. The maximum atomic E-state index is 12.2. The van der Waals surface area contributed by atoms with Crippen LogP contribution in [0, 0.1) is 0 Å². The van der Waals surface area contributed by atoms with Gasteiger partial charge in [0.1, 0.15) is 25.4 Å². The van der Waals surface area contributed by atoms with Crippen molar-refractivity contribution in [1.82, 2.24) is 0 Å². The first-order valence-corrected chi connectivity index (χ1v) is 16.6. The first-order valence-electron chi connectivity index (χ1n) is 14.3. The minimum atomic E-state index is -1.46. The van der Waals surface area contributed by atoms with Gasteiger partial charge in [0.15, 0.2) is 47.5 Å². The zero-order valence-corrected chi connectivity index (χ0v) is 29.0. The largest absolute Gasteiger partial charge is 0.463 e. The van der Waals surface area contributed by atoms with E-state index in [0.29, 0.717) is 0 Å². The summed E-state index contributed by atoms with van der Waals surface area (Å²) >= 11 is 0. The third-order valence-electron chi connectivity index (χ3n) is 6.14. The molecule has 0 amide bonds. The van der Waals surface area contributed by atoms with E-state index in [9.17, 15) is 38.4 Å². The van der Waals surface area contributed by atoms with Crippen LogP contribution in [0.15, 0.2) is 0 Å². The van der Waals surface area contributed by atoms with Crippen LogP contribution in [-0.4, -0.2) is 121 Å². The number of hydrogen-bond donors (Lipinski definition) is 0. The highest BCUT2D eigenvalue weighted by molar-refractivity contribution is 8.77. The molecule has 0 saturated carbocycles. The molecule has 0 spiro atoms. The van der Waals surface area contributed by atoms with Crippen molar-refractivity contribution < 1.29 is 85.7 Å². The highest BCUT2D eigenvalue weighted by atomic mass is 33.1. The second-order valence-corrected chi connectivity index (χ2v) is 12.8. The van der Waals surface area contributed by atoms with Crippen molar-refractivity contribution in [3.05, 3.63) is 0 Å². The van der Waals surface area contributed by atoms with E-state index in [1.54, 1.807) is 0 Å². The van der Waals surface area contributed by atoms with Crippen molar-refractivity contribution >= 4 is 69.3 Å². The maximum Gasteiger partial charge on any atom is 0.303 e. The molecule has 2 fully saturated rings. The van der Waals surface area contributed by atoms with E-state index < -0.39 is 121 Å². The van der Waals surface area contributed by atoms with Gasteiger partial charge in [-0.2, -0.15) is 0 Å². The molecule has 2 saturated heterocycles. The smallest absolute Gasteiger partial charge is 0.303 e. The predicted octanol–water partition coefficient (Wildman–Crippen LogP) is 0.534. The van der Waals surface area contributed by atoms with E-state index in [1.165, 1.54) is 0 Å². The summed E-state index contributed by atoms with van der Waals surface area (Å²) in [7, 11) is 1.62. The van der Waals surface area contributed by atoms with E-state index in [1.807, 2.05) is 0 Å². The van der Waals surface area contributed by atoms with Gasteiger partial charge in [0.05, 0.1) is 0 Å². The minimum absolute atomic E-state index is 0.474. The predicted molar refractivity (Wildman–Crippen MR) is 159 cm³/mol. The summed E-state index contributed by atoms with van der Waals surface area (Å²) in [5.41, 5.74) is -2.55. The molecule has 0 aliphatic carbocycles. The highest BCUT2D eigenvalue weighted by Crippen LogP contribution is 2.45. The molecule has 18 nitrogen and oxygen atoms in total. The Morgan fingerprint density at radius 3 is 0.896 bits per heavy atom. The van der Waals surface area contributed by atoms with Crippen molar-refractivity contribution in [2.45, 2.75) is 115 Å². The normalized spacial score (nSPS) is 29.7. The van der Waals surface area contributed by atoms with Crippen molar-refractivity contribution in [1.29, 1.82) is 0 Å². The van der Waals surface area contributed by atoms with Crippen LogP contribution < -0.4 is 0 Å². The molecule has 2 aliphatic heterocycles. The summed E-state index contributed by atoms with van der Waals surface area (Å²) in [6.07, 6.45) is -11.1. The Hall–Kier alpha value is -3.62. The van der Waals surface area contributed by atoms with E-state index in [0.717, 1.165) is 77.0 Å². The van der Waals surface area contributed by atoms with Crippen LogP contribution in [0.25, 0.3) is 0 Å². The maximum absolute atomic E-state index is 12.2. The fraction of sp³-hybridized carbons (Fsp3) is 0.714. The van der Waals surface area contributed by atoms with Crippen LogP contribution in [-0.2, 0) is 85.7 Å². The molecule has 0 aromatic carbocycles. The number of esters is 8. The Morgan fingerprint density at radius 1 is 0.396 bits per heavy atom. The number of carbonyl (C=O) groups is 8. The number of rotatable bonds is 13. The van der Waals surface area contributed by atoms with Crippen molar-refractivity contribution in [3.63, 3.8) is 0 Å². The zero-order chi connectivity index (χ0) is 36.3. The van der Waals surface area contributed by atoms with Crippen molar-refractivity contribution in [3.8, 4) is 0 Å². The Balaban J connectivity index is 2.57. The molecule has 0 unspecified atom stereocenters. The van der Waals surface area contributed by atoms with Gasteiger partial charge in [-0.3, -0.25) is 38.4 Å². The van der Waals surface area contributed by atoms with Crippen molar-refractivity contribution in [2.75, 3.05) is 13.2 Å². The summed E-state index contributed by atoms with van der Waals surface area (Å²) in [5.74, 6) is -6.37. The average molecular weight is 727 g/mol. The van der Waals surface area contributed by atoms with E-state index in [4.69, 9.17) is 47.4 Å². The fourth-order valence-electron chi connectivity index (χ4n) is 4.64. The van der Waals surface area contributed by atoms with Gasteiger partial charge in [0, 0.05) is 55.4 Å². The molecule has 0 bridgehead atoms. The van der Waals surface area contributed by atoms with Crippen LogP contribution in [0.4, 0.5) is 0 Å². The van der Waals surface area contributed by atoms with Gasteiger partial charge in [-0.1, -0.05) is 21.6 Å². The van der Waals surface area contributed by atoms with Crippen LogP contribution >= 0.6 is 21.6 Å². The van der Waals surface area contributed by atoms with Crippen LogP contribution in [0.1, 0.15) is 55.4 Å².